The van der Waals surface area contributed by atoms with Crippen LogP contribution < -0.4 is 4.90 Å². The first-order valence-corrected chi connectivity index (χ1v) is 12.9. The number of thiophene rings is 1. The van der Waals surface area contributed by atoms with E-state index in [0.717, 1.165) is 28.4 Å². The molecular formula is C27H29F2N3O6S. The summed E-state index contributed by atoms with van der Waals surface area (Å²) in [5.41, 5.74) is 0.582. The molecule has 2 aromatic carbocycles. The lowest BCUT2D eigenvalue weighted by Gasteiger charge is -2.24. The van der Waals surface area contributed by atoms with Gasteiger partial charge in [-0.2, -0.15) is 0 Å². The van der Waals surface area contributed by atoms with Crippen molar-refractivity contribution in [1.82, 2.24) is 4.90 Å². The molecule has 208 valence electrons. The number of anilines is 1. The van der Waals surface area contributed by atoms with Gasteiger partial charge in [0, 0.05) is 34.7 Å². The fraction of sp³-hybridized carbons (Fsp3) is 0.333. The number of nitro groups is 1. The summed E-state index contributed by atoms with van der Waals surface area (Å²) in [6.45, 7) is 4.60. The van der Waals surface area contributed by atoms with Gasteiger partial charge in [0.05, 0.1) is 29.7 Å². The van der Waals surface area contributed by atoms with Crippen LogP contribution >= 0.6 is 11.3 Å². The third-order valence-corrected chi connectivity index (χ3v) is 6.77. The molecule has 12 heteroatoms. The second-order valence-electron chi connectivity index (χ2n) is 9.07. The van der Waals surface area contributed by atoms with Gasteiger partial charge in [0.25, 0.3) is 5.69 Å². The van der Waals surface area contributed by atoms with Gasteiger partial charge in [-0.15, -0.1) is 11.3 Å². The molecule has 0 aliphatic heterocycles. The third kappa shape index (κ3) is 6.95. The lowest BCUT2D eigenvalue weighted by molar-refractivity contribution is -0.384. The Morgan fingerprint density at radius 1 is 1.03 bits per heavy atom. The molecule has 0 unspecified atom stereocenters. The molecule has 0 saturated carbocycles. The Labute approximate surface area is 228 Å². The van der Waals surface area contributed by atoms with Gasteiger partial charge in [-0.25, -0.2) is 18.4 Å². The van der Waals surface area contributed by atoms with Crippen LogP contribution in [0.15, 0.2) is 42.5 Å². The minimum atomic E-state index is -0.911. The molecule has 0 aliphatic rings. The van der Waals surface area contributed by atoms with Crippen LogP contribution in [0.1, 0.15) is 42.3 Å². The van der Waals surface area contributed by atoms with Gasteiger partial charge in [0.1, 0.15) is 16.6 Å². The van der Waals surface area contributed by atoms with E-state index in [1.54, 1.807) is 39.8 Å². The number of ether oxygens (including phenoxy) is 2. The molecule has 0 radical (unpaired) electrons. The molecule has 0 aliphatic carbocycles. The van der Waals surface area contributed by atoms with Gasteiger partial charge in [0.15, 0.2) is 0 Å². The van der Waals surface area contributed by atoms with Gasteiger partial charge in [-0.05, 0) is 64.7 Å². The summed E-state index contributed by atoms with van der Waals surface area (Å²) in [5, 5.41) is 11.3. The number of esters is 1. The first-order valence-electron chi connectivity index (χ1n) is 12.1. The minimum absolute atomic E-state index is 0.0424. The van der Waals surface area contributed by atoms with E-state index in [0.29, 0.717) is 16.0 Å². The van der Waals surface area contributed by atoms with Crippen molar-refractivity contribution in [2.45, 2.75) is 40.0 Å². The largest absolute Gasteiger partial charge is 0.462 e. The van der Waals surface area contributed by atoms with Crippen LogP contribution in [0.4, 0.5) is 24.3 Å². The normalized spacial score (nSPS) is 11.1. The van der Waals surface area contributed by atoms with E-state index >= 15 is 0 Å². The van der Waals surface area contributed by atoms with Crippen molar-refractivity contribution in [3.63, 3.8) is 0 Å². The van der Waals surface area contributed by atoms with Crippen LogP contribution in [-0.4, -0.2) is 48.7 Å². The Morgan fingerprint density at radius 3 is 2.15 bits per heavy atom. The Hall–Kier alpha value is -3.90. The van der Waals surface area contributed by atoms with Gasteiger partial charge < -0.3 is 14.4 Å². The zero-order valence-electron chi connectivity index (χ0n) is 22.2. The summed E-state index contributed by atoms with van der Waals surface area (Å²) in [6, 6.07) is 9.09. The van der Waals surface area contributed by atoms with Crippen LogP contribution in [0.3, 0.4) is 0 Å². The molecule has 0 atom stereocenters. The van der Waals surface area contributed by atoms with E-state index in [1.807, 2.05) is 0 Å². The highest BCUT2D eigenvalue weighted by atomic mass is 32.1. The number of rotatable bonds is 10. The Bertz CT molecular complexity index is 1340. The van der Waals surface area contributed by atoms with Gasteiger partial charge in [-0.1, -0.05) is 6.07 Å². The third-order valence-electron chi connectivity index (χ3n) is 5.46. The molecule has 0 fully saturated rings. The van der Waals surface area contributed by atoms with E-state index in [-0.39, 0.29) is 35.0 Å². The average Bonchev–Trinajstić information content (AvgIpc) is 3.21. The number of hydrogen-bond donors (Lipinski definition) is 0. The summed E-state index contributed by atoms with van der Waals surface area (Å²) in [7, 11) is 3.57. The minimum Gasteiger partial charge on any atom is -0.462 e. The molecule has 1 aromatic heterocycles. The molecule has 3 rings (SSSR count). The fourth-order valence-corrected chi connectivity index (χ4v) is 5.11. The highest BCUT2D eigenvalue weighted by molar-refractivity contribution is 7.20. The van der Waals surface area contributed by atoms with Crippen molar-refractivity contribution in [3.05, 3.63) is 80.9 Å². The van der Waals surface area contributed by atoms with Crippen molar-refractivity contribution in [1.29, 1.82) is 0 Å². The molecular weight excluding hydrogens is 532 g/mol. The van der Waals surface area contributed by atoms with Crippen molar-refractivity contribution >= 4 is 34.1 Å². The van der Waals surface area contributed by atoms with Crippen LogP contribution in [0.5, 0.6) is 0 Å². The van der Waals surface area contributed by atoms with Crippen LogP contribution in [0, 0.1) is 21.7 Å². The summed E-state index contributed by atoms with van der Waals surface area (Å²) in [5.74, 6) is -2.46. The van der Waals surface area contributed by atoms with Crippen LogP contribution in [-0.2, 0) is 22.6 Å². The monoisotopic (exact) mass is 561 g/mol. The number of carbonyl (C=O) groups is 2. The van der Waals surface area contributed by atoms with Crippen molar-refractivity contribution in [2.24, 2.45) is 0 Å². The summed E-state index contributed by atoms with van der Waals surface area (Å²) < 4.78 is 40.1. The SMILES string of the molecule is CCOC(=O)c1c(N(Cc2c(F)cccc2F)C(=O)OC(C)C)sc(-c2ccc([N+](=O)[O-])cc2)c1CN(C)C. The lowest BCUT2D eigenvalue weighted by atomic mass is 10.0. The zero-order valence-corrected chi connectivity index (χ0v) is 23.0. The highest BCUT2D eigenvalue weighted by Crippen LogP contribution is 2.44. The molecule has 9 nitrogen and oxygen atoms in total. The van der Waals surface area contributed by atoms with Crippen LogP contribution in [0.2, 0.25) is 0 Å². The predicted molar refractivity (Wildman–Crippen MR) is 144 cm³/mol. The number of benzene rings is 2. The first-order chi connectivity index (χ1) is 18.4. The van der Waals surface area contributed by atoms with Gasteiger partial charge in [0.2, 0.25) is 0 Å². The molecule has 1 amide bonds. The standard InChI is InChI=1S/C27H29F2N3O6S/c1-6-37-26(33)23-20(14-30(4)5)24(17-10-12-18(13-11-17)32(35)36)39-25(23)31(27(34)38-16(2)3)15-19-21(28)8-7-9-22(19)29/h7-13,16H,6,14-15H2,1-5H3. The number of amides is 1. The molecule has 0 bridgehead atoms. The second kappa shape index (κ2) is 12.8. The molecule has 0 spiro atoms. The second-order valence-corrected chi connectivity index (χ2v) is 10.1. The Balaban J connectivity index is 2.31. The van der Waals surface area contributed by atoms with Crippen molar-refractivity contribution in [2.75, 3.05) is 25.6 Å². The Morgan fingerprint density at radius 2 is 1.64 bits per heavy atom. The van der Waals surface area contributed by atoms with E-state index in [1.165, 1.54) is 30.3 Å². The van der Waals surface area contributed by atoms with E-state index < -0.39 is 41.3 Å². The molecule has 3 aromatic rings. The quantitative estimate of drug-likeness (QED) is 0.161. The Kier molecular flexibility index (Phi) is 9.71. The predicted octanol–water partition coefficient (Wildman–Crippen LogP) is 6.39. The van der Waals surface area contributed by atoms with Crippen LogP contribution in [0.25, 0.3) is 10.4 Å². The number of hydrogen-bond acceptors (Lipinski definition) is 8. The average molecular weight is 562 g/mol. The number of carbonyl (C=O) groups excluding carboxylic acids is 2. The number of non-ortho nitro benzene ring substituents is 1. The number of nitrogens with zero attached hydrogens (tertiary/aromatic N) is 3. The van der Waals surface area contributed by atoms with E-state index in [9.17, 15) is 28.5 Å². The smallest absolute Gasteiger partial charge is 0.415 e. The number of halogens is 2. The number of nitro benzene ring substituents is 1. The summed E-state index contributed by atoms with van der Waals surface area (Å²) >= 11 is 1.03. The lowest BCUT2D eigenvalue weighted by Crippen LogP contribution is -2.34. The fourth-order valence-electron chi connectivity index (χ4n) is 3.82. The highest BCUT2D eigenvalue weighted by Gasteiger charge is 2.33. The van der Waals surface area contributed by atoms with Gasteiger partial charge in [-0.3, -0.25) is 15.0 Å². The molecule has 0 N–H and O–H groups in total. The zero-order chi connectivity index (χ0) is 28.9. The summed E-state index contributed by atoms with van der Waals surface area (Å²) in [4.78, 5) is 40.7. The maximum absolute atomic E-state index is 14.7. The summed E-state index contributed by atoms with van der Waals surface area (Å²) in [6.07, 6.45) is -1.47. The molecule has 0 saturated heterocycles. The maximum atomic E-state index is 14.7. The molecule has 1 heterocycles. The molecule has 39 heavy (non-hydrogen) atoms. The van der Waals surface area contributed by atoms with E-state index in [2.05, 4.69) is 0 Å². The van der Waals surface area contributed by atoms with Gasteiger partial charge >= 0.3 is 12.1 Å². The van der Waals surface area contributed by atoms with E-state index in [4.69, 9.17) is 9.47 Å². The maximum Gasteiger partial charge on any atom is 0.415 e. The van der Waals surface area contributed by atoms with Crippen molar-refractivity contribution in [3.8, 4) is 10.4 Å². The topological polar surface area (TPSA) is 102 Å². The first kappa shape index (κ1) is 29.7. The van der Waals surface area contributed by atoms with Crippen molar-refractivity contribution < 1.29 is 32.8 Å².